The second-order valence-electron chi connectivity index (χ2n) is 6.21. The molecule has 1 saturated heterocycles. The highest BCUT2D eigenvalue weighted by Gasteiger charge is 2.32. The summed E-state index contributed by atoms with van der Waals surface area (Å²) >= 11 is 0. The zero-order chi connectivity index (χ0) is 14.7. The Bertz CT molecular complexity index is 476. The van der Waals surface area contributed by atoms with Gasteiger partial charge < -0.3 is 15.2 Å². The number of phenols is 1. The number of aromatic hydroxyl groups is 1. The van der Waals surface area contributed by atoms with Crippen molar-refractivity contribution in [3.8, 4) is 11.5 Å². The number of nitrogens with one attached hydrogen (secondary N) is 1. The number of hydrogen-bond acceptors (Lipinski definition) is 4. The van der Waals surface area contributed by atoms with Crippen molar-refractivity contribution in [1.29, 1.82) is 0 Å². The maximum atomic E-state index is 9.84. The molecule has 1 aliphatic heterocycles. The molecule has 23 heavy (non-hydrogen) atoms. The lowest BCUT2D eigenvalue weighted by molar-refractivity contribution is 0.125. The topological polar surface area (TPSA) is 44.7 Å². The molecule has 0 bridgehead atoms. The molecular formula is C17H28Cl2N2O2. The number of nitrogens with zero attached hydrogens (tertiary/aromatic N) is 1. The predicted molar refractivity (Wildman–Crippen MR) is 98.3 cm³/mol. The van der Waals surface area contributed by atoms with Crippen molar-refractivity contribution in [3.63, 3.8) is 0 Å². The van der Waals surface area contributed by atoms with Gasteiger partial charge in [-0.05, 0) is 36.5 Å². The first-order valence-corrected chi connectivity index (χ1v) is 8.11. The third-order valence-electron chi connectivity index (χ3n) is 4.94. The van der Waals surface area contributed by atoms with E-state index in [1.54, 1.807) is 13.2 Å². The summed E-state index contributed by atoms with van der Waals surface area (Å²) < 4.78 is 5.30. The average molecular weight is 363 g/mol. The van der Waals surface area contributed by atoms with Gasteiger partial charge in [-0.25, -0.2) is 0 Å². The minimum Gasteiger partial charge on any atom is -0.504 e. The zero-order valence-corrected chi connectivity index (χ0v) is 15.3. The van der Waals surface area contributed by atoms with Crippen LogP contribution in [-0.2, 0) is 0 Å². The summed E-state index contributed by atoms with van der Waals surface area (Å²) in [6, 6.07) is 6.34. The molecule has 132 valence electrons. The van der Waals surface area contributed by atoms with Crippen LogP contribution in [0.5, 0.6) is 11.5 Å². The van der Waals surface area contributed by atoms with Gasteiger partial charge in [-0.3, -0.25) is 4.90 Å². The maximum Gasteiger partial charge on any atom is 0.160 e. The van der Waals surface area contributed by atoms with E-state index in [0.717, 1.165) is 32.1 Å². The van der Waals surface area contributed by atoms with Gasteiger partial charge in [-0.15, -0.1) is 24.8 Å². The van der Waals surface area contributed by atoms with Crippen molar-refractivity contribution in [2.75, 3.05) is 33.3 Å². The van der Waals surface area contributed by atoms with Gasteiger partial charge in [0, 0.05) is 32.2 Å². The summed E-state index contributed by atoms with van der Waals surface area (Å²) in [7, 11) is 1.62. The fourth-order valence-corrected chi connectivity index (χ4v) is 3.89. The Labute approximate surface area is 151 Å². The number of halogens is 2. The van der Waals surface area contributed by atoms with E-state index in [1.165, 1.54) is 31.2 Å². The highest BCUT2D eigenvalue weighted by Crippen LogP contribution is 2.41. The molecule has 3 rings (SSSR count). The number of hydrogen-bond donors (Lipinski definition) is 2. The molecule has 1 atom stereocenters. The van der Waals surface area contributed by atoms with Crippen LogP contribution >= 0.6 is 24.8 Å². The third kappa shape index (κ3) is 4.66. The molecule has 0 amide bonds. The summed E-state index contributed by atoms with van der Waals surface area (Å²) in [6.45, 7) is 4.34. The molecule has 4 nitrogen and oxygen atoms in total. The molecule has 1 saturated carbocycles. The monoisotopic (exact) mass is 362 g/mol. The minimum atomic E-state index is 0. The Hall–Kier alpha value is -0.680. The SMILES string of the molecule is COc1cc([C@@H](C2CCCC2)N2CCNCC2)ccc1O.Cl.Cl. The van der Waals surface area contributed by atoms with E-state index in [2.05, 4.69) is 16.3 Å². The van der Waals surface area contributed by atoms with Crippen LogP contribution in [0.15, 0.2) is 18.2 Å². The van der Waals surface area contributed by atoms with Crippen molar-refractivity contribution < 1.29 is 9.84 Å². The Balaban J connectivity index is 0.00000132. The van der Waals surface area contributed by atoms with Crippen LogP contribution in [0.4, 0.5) is 0 Å². The van der Waals surface area contributed by atoms with Gasteiger partial charge in [-0.2, -0.15) is 0 Å². The van der Waals surface area contributed by atoms with Crippen LogP contribution in [0, 0.1) is 5.92 Å². The first kappa shape index (κ1) is 20.4. The molecule has 1 aromatic carbocycles. The van der Waals surface area contributed by atoms with Gasteiger partial charge in [-0.1, -0.05) is 18.9 Å². The number of ether oxygens (including phenoxy) is 1. The van der Waals surface area contributed by atoms with E-state index in [9.17, 15) is 5.11 Å². The Morgan fingerprint density at radius 2 is 1.83 bits per heavy atom. The number of benzene rings is 1. The van der Waals surface area contributed by atoms with Crippen LogP contribution in [-0.4, -0.2) is 43.3 Å². The number of phenolic OH excluding ortho intramolecular Hbond substituents is 1. The van der Waals surface area contributed by atoms with Crippen LogP contribution < -0.4 is 10.1 Å². The molecular weight excluding hydrogens is 335 g/mol. The van der Waals surface area contributed by atoms with Gasteiger partial charge in [0.1, 0.15) is 0 Å². The Morgan fingerprint density at radius 1 is 1.17 bits per heavy atom. The zero-order valence-electron chi connectivity index (χ0n) is 13.7. The van der Waals surface area contributed by atoms with Gasteiger partial charge in [0.05, 0.1) is 7.11 Å². The molecule has 0 radical (unpaired) electrons. The largest absolute Gasteiger partial charge is 0.504 e. The molecule has 2 N–H and O–H groups in total. The highest BCUT2D eigenvalue weighted by molar-refractivity contribution is 5.85. The Kier molecular flexibility index (Phi) is 8.48. The standard InChI is InChI=1S/C17H26N2O2.2ClH/c1-21-16-12-14(6-7-15(16)20)17(13-4-2-3-5-13)19-10-8-18-9-11-19;;/h6-7,12-13,17-18,20H,2-5,8-11H2,1H3;2*1H/t17-;;/m1../s1. The third-order valence-corrected chi connectivity index (χ3v) is 4.94. The summed E-state index contributed by atoms with van der Waals surface area (Å²) in [5, 5.41) is 13.3. The fourth-order valence-electron chi connectivity index (χ4n) is 3.89. The molecule has 2 aliphatic rings. The van der Waals surface area contributed by atoms with Gasteiger partial charge in [0.25, 0.3) is 0 Å². The summed E-state index contributed by atoms with van der Waals surface area (Å²) in [4.78, 5) is 2.61. The van der Waals surface area contributed by atoms with Crippen molar-refractivity contribution in [1.82, 2.24) is 10.2 Å². The lowest BCUT2D eigenvalue weighted by Gasteiger charge is -2.38. The fraction of sp³-hybridized carbons (Fsp3) is 0.647. The lowest BCUT2D eigenvalue weighted by Crippen LogP contribution is -2.46. The highest BCUT2D eigenvalue weighted by atomic mass is 35.5. The minimum absolute atomic E-state index is 0. The normalized spacial score (nSPS) is 20.4. The first-order chi connectivity index (χ1) is 10.3. The number of piperazine rings is 1. The van der Waals surface area contributed by atoms with Crippen LogP contribution in [0.25, 0.3) is 0 Å². The summed E-state index contributed by atoms with van der Waals surface area (Å²) in [6.07, 6.45) is 5.33. The number of methoxy groups -OCH3 is 1. The van der Waals surface area contributed by atoms with Gasteiger partial charge in [0.15, 0.2) is 11.5 Å². The molecule has 1 aliphatic carbocycles. The van der Waals surface area contributed by atoms with Crippen LogP contribution in [0.3, 0.4) is 0 Å². The maximum absolute atomic E-state index is 9.84. The second kappa shape index (κ2) is 9.58. The summed E-state index contributed by atoms with van der Waals surface area (Å²) in [5.74, 6) is 1.55. The summed E-state index contributed by atoms with van der Waals surface area (Å²) in [5.41, 5.74) is 1.29. The second-order valence-corrected chi connectivity index (χ2v) is 6.21. The van der Waals surface area contributed by atoms with E-state index in [0.29, 0.717) is 11.8 Å². The van der Waals surface area contributed by atoms with Crippen molar-refractivity contribution in [3.05, 3.63) is 23.8 Å². The molecule has 0 unspecified atom stereocenters. The molecule has 1 aromatic rings. The van der Waals surface area contributed by atoms with E-state index < -0.39 is 0 Å². The molecule has 0 aromatic heterocycles. The van der Waals surface area contributed by atoms with E-state index in [4.69, 9.17) is 4.74 Å². The van der Waals surface area contributed by atoms with E-state index >= 15 is 0 Å². The van der Waals surface area contributed by atoms with E-state index in [-0.39, 0.29) is 30.6 Å². The lowest BCUT2D eigenvalue weighted by atomic mass is 9.89. The van der Waals surface area contributed by atoms with Crippen LogP contribution in [0.1, 0.15) is 37.3 Å². The molecule has 1 heterocycles. The van der Waals surface area contributed by atoms with Crippen molar-refractivity contribution in [2.45, 2.75) is 31.7 Å². The molecule has 2 fully saturated rings. The van der Waals surface area contributed by atoms with Crippen molar-refractivity contribution in [2.24, 2.45) is 5.92 Å². The van der Waals surface area contributed by atoms with E-state index in [1.807, 2.05) is 6.07 Å². The molecule has 0 spiro atoms. The quantitative estimate of drug-likeness (QED) is 0.861. The van der Waals surface area contributed by atoms with Gasteiger partial charge in [0.2, 0.25) is 0 Å². The Morgan fingerprint density at radius 3 is 2.43 bits per heavy atom. The predicted octanol–water partition coefficient (Wildman–Crippen LogP) is 3.38. The van der Waals surface area contributed by atoms with Gasteiger partial charge >= 0.3 is 0 Å². The average Bonchev–Trinajstić information content (AvgIpc) is 3.04. The molecule has 6 heteroatoms. The number of rotatable bonds is 4. The van der Waals surface area contributed by atoms with Crippen LogP contribution in [0.2, 0.25) is 0 Å². The smallest absolute Gasteiger partial charge is 0.160 e. The first-order valence-electron chi connectivity index (χ1n) is 8.11. The van der Waals surface area contributed by atoms with Crippen molar-refractivity contribution >= 4 is 24.8 Å².